The third-order valence-electron chi connectivity index (χ3n) is 2.16. The molecular formula is C10H19N3O2S. The van der Waals surface area contributed by atoms with Gasteiger partial charge in [-0.3, -0.25) is 8.89 Å². The number of aliphatic hydroxyl groups is 1. The summed E-state index contributed by atoms with van der Waals surface area (Å²) >= 11 is 0. The molecule has 0 saturated heterocycles. The molecule has 2 N–H and O–H groups in total. The molecule has 5 nitrogen and oxygen atoms in total. The van der Waals surface area contributed by atoms with Crippen LogP contribution in [-0.4, -0.2) is 43.8 Å². The summed E-state index contributed by atoms with van der Waals surface area (Å²) in [7, 11) is -0.768. The van der Waals surface area contributed by atoms with Crippen molar-refractivity contribution in [2.24, 2.45) is 0 Å². The zero-order valence-electron chi connectivity index (χ0n) is 9.72. The minimum Gasteiger partial charge on any atom is -0.394 e. The Labute approximate surface area is 98.3 Å². The first-order chi connectivity index (χ1) is 7.61. The summed E-state index contributed by atoms with van der Waals surface area (Å²) in [5, 5.41) is 16.1. The number of nitrogens with one attached hydrogen (secondary N) is 1. The second-order valence-corrected chi connectivity index (χ2v) is 5.34. The fourth-order valence-electron chi connectivity index (χ4n) is 1.43. The van der Waals surface area contributed by atoms with Crippen molar-refractivity contribution in [1.82, 2.24) is 15.1 Å². The molecule has 1 aromatic rings. The third kappa shape index (κ3) is 4.87. The minimum absolute atomic E-state index is 0.0970. The number of nitrogens with zero attached hydrogens (tertiary/aromatic N) is 2. The van der Waals surface area contributed by atoms with Crippen molar-refractivity contribution in [3.63, 3.8) is 0 Å². The van der Waals surface area contributed by atoms with Crippen LogP contribution in [0, 0.1) is 0 Å². The summed E-state index contributed by atoms with van der Waals surface area (Å²) in [4.78, 5) is 0. The summed E-state index contributed by atoms with van der Waals surface area (Å²) in [6, 6.07) is 0.229. The minimum atomic E-state index is -0.768. The number of hydrogen-bond acceptors (Lipinski definition) is 4. The summed E-state index contributed by atoms with van der Waals surface area (Å²) in [6.45, 7) is 3.34. The van der Waals surface area contributed by atoms with E-state index in [1.807, 2.05) is 13.1 Å². The molecule has 1 rings (SSSR count). The number of aliphatic hydroxyl groups excluding tert-OH is 1. The van der Waals surface area contributed by atoms with Crippen LogP contribution < -0.4 is 5.32 Å². The van der Waals surface area contributed by atoms with Gasteiger partial charge in [-0.1, -0.05) is 0 Å². The predicted molar refractivity (Wildman–Crippen MR) is 64.5 cm³/mol. The van der Waals surface area contributed by atoms with Gasteiger partial charge < -0.3 is 10.4 Å². The maximum atomic E-state index is 11.0. The molecule has 0 amide bonds. The Morgan fingerprint density at radius 1 is 1.69 bits per heavy atom. The standard InChI is InChI=1S/C10H19N3O2S/c1-9(8-16(2)15)11-5-10-6-12-13(7-10)3-4-14/h6-7,9,11,14H,3-5,8H2,1-2H3. The Balaban J connectivity index is 2.33. The van der Waals surface area contributed by atoms with Crippen LogP contribution in [0.1, 0.15) is 12.5 Å². The van der Waals surface area contributed by atoms with E-state index in [4.69, 9.17) is 5.11 Å². The van der Waals surface area contributed by atoms with E-state index in [0.29, 0.717) is 18.8 Å². The quantitative estimate of drug-likeness (QED) is 0.694. The summed E-state index contributed by atoms with van der Waals surface area (Å²) in [6.07, 6.45) is 5.38. The highest BCUT2D eigenvalue weighted by molar-refractivity contribution is 7.84. The van der Waals surface area contributed by atoms with Crippen molar-refractivity contribution in [2.45, 2.75) is 26.1 Å². The molecule has 2 unspecified atom stereocenters. The smallest absolute Gasteiger partial charge is 0.0640 e. The molecule has 1 aromatic heterocycles. The molecule has 0 bridgehead atoms. The van der Waals surface area contributed by atoms with Crippen LogP contribution in [0.5, 0.6) is 0 Å². The largest absolute Gasteiger partial charge is 0.394 e. The van der Waals surface area contributed by atoms with Crippen LogP contribution >= 0.6 is 0 Å². The first-order valence-electron chi connectivity index (χ1n) is 5.27. The van der Waals surface area contributed by atoms with Gasteiger partial charge in [0.1, 0.15) is 0 Å². The molecule has 92 valence electrons. The first kappa shape index (κ1) is 13.3. The second kappa shape index (κ2) is 6.78. The molecular weight excluding hydrogens is 226 g/mol. The molecule has 2 atom stereocenters. The molecule has 1 heterocycles. The van der Waals surface area contributed by atoms with Gasteiger partial charge in [0.2, 0.25) is 0 Å². The lowest BCUT2D eigenvalue weighted by molar-refractivity contribution is 0.269. The Kier molecular flexibility index (Phi) is 5.65. The van der Waals surface area contributed by atoms with Gasteiger partial charge in [0.15, 0.2) is 0 Å². The molecule has 0 aliphatic heterocycles. The van der Waals surface area contributed by atoms with Crippen molar-refractivity contribution in [3.05, 3.63) is 18.0 Å². The lowest BCUT2D eigenvalue weighted by Gasteiger charge is -2.10. The van der Waals surface area contributed by atoms with E-state index in [1.165, 1.54) is 0 Å². The zero-order valence-corrected chi connectivity index (χ0v) is 10.5. The van der Waals surface area contributed by atoms with E-state index >= 15 is 0 Å². The van der Waals surface area contributed by atoms with Gasteiger partial charge in [-0.15, -0.1) is 0 Å². The molecule has 0 fully saturated rings. The molecule has 16 heavy (non-hydrogen) atoms. The van der Waals surface area contributed by atoms with E-state index in [-0.39, 0.29) is 12.6 Å². The molecule has 0 aromatic carbocycles. The van der Waals surface area contributed by atoms with Gasteiger partial charge in [0, 0.05) is 47.2 Å². The second-order valence-electron chi connectivity index (χ2n) is 3.86. The van der Waals surface area contributed by atoms with Crippen molar-refractivity contribution < 1.29 is 9.32 Å². The summed E-state index contributed by atoms with van der Waals surface area (Å²) in [5.41, 5.74) is 1.07. The fourth-order valence-corrected chi connectivity index (χ4v) is 2.25. The van der Waals surface area contributed by atoms with Gasteiger partial charge >= 0.3 is 0 Å². The van der Waals surface area contributed by atoms with E-state index < -0.39 is 10.8 Å². The van der Waals surface area contributed by atoms with Crippen molar-refractivity contribution in [1.29, 1.82) is 0 Å². The monoisotopic (exact) mass is 245 g/mol. The molecule has 0 aliphatic rings. The highest BCUT2D eigenvalue weighted by Crippen LogP contribution is 1.98. The Morgan fingerprint density at radius 3 is 3.06 bits per heavy atom. The number of aromatic nitrogens is 2. The van der Waals surface area contributed by atoms with Crippen molar-refractivity contribution >= 4 is 10.8 Å². The lowest BCUT2D eigenvalue weighted by Crippen LogP contribution is -2.30. The molecule has 0 spiro atoms. The highest BCUT2D eigenvalue weighted by Gasteiger charge is 2.04. The molecule has 0 aliphatic carbocycles. The predicted octanol–water partition coefficient (Wildman–Crippen LogP) is -0.268. The molecule has 6 heteroatoms. The summed E-state index contributed by atoms with van der Waals surface area (Å²) < 4.78 is 12.7. The third-order valence-corrected chi connectivity index (χ3v) is 3.12. The van der Waals surface area contributed by atoms with Gasteiger partial charge in [-0.2, -0.15) is 5.10 Å². The van der Waals surface area contributed by atoms with E-state index in [0.717, 1.165) is 5.56 Å². The Morgan fingerprint density at radius 2 is 2.44 bits per heavy atom. The molecule has 0 radical (unpaired) electrons. The maximum absolute atomic E-state index is 11.0. The van der Waals surface area contributed by atoms with E-state index in [1.54, 1.807) is 17.1 Å². The van der Waals surface area contributed by atoms with Gasteiger partial charge in [-0.05, 0) is 6.92 Å². The highest BCUT2D eigenvalue weighted by atomic mass is 32.2. The first-order valence-corrected chi connectivity index (χ1v) is 7.00. The molecule has 0 saturated carbocycles. The number of hydrogen-bond donors (Lipinski definition) is 2. The Hall–Kier alpha value is -0.720. The van der Waals surface area contributed by atoms with E-state index in [2.05, 4.69) is 10.4 Å². The Bertz CT molecular complexity index is 341. The average molecular weight is 245 g/mol. The SMILES string of the molecule is CC(CS(C)=O)NCc1cnn(CCO)c1. The van der Waals surface area contributed by atoms with Crippen LogP contribution in [0.3, 0.4) is 0 Å². The van der Waals surface area contributed by atoms with Crippen LogP contribution in [0.15, 0.2) is 12.4 Å². The van der Waals surface area contributed by atoms with E-state index in [9.17, 15) is 4.21 Å². The van der Waals surface area contributed by atoms with Gasteiger partial charge in [-0.25, -0.2) is 0 Å². The lowest BCUT2D eigenvalue weighted by atomic mass is 10.3. The van der Waals surface area contributed by atoms with Gasteiger partial charge in [0.25, 0.3) is 0 Å². The normalized spacial score (nSPS) is 14.9. The van der Waals surface area contributed by atoms with Gasteiger partial charge in [0.05, 0.1) is 19.3 Å². The van der Waals surface area contributed by atoms with Crippen molar-refractivity contribution in [3.8, 4) is 0 Å². The van der Waals surface area contributed by atoms with Crippen LogP contribution in [0.4, 0.5) is 0 Å². The number of rotatable bonds is 7. The van der Waals surface area contributed by atoms with Crippen LogP contribution in [-0.2, 0) is 23.9 Å². The van der Waals surface area contributed by atoms with Crippen LogP contribution in [0.25, 0.3) is 0 Å². The average Bonchev–Trinajstić information content (AvgIpc) is 2.62. The fraction of sp³-hybridized carbons (Fsp3) is 0.700. The topological polar surface area (TPSA) is 67.2 Å². The van der Waals surface area contributed by atoms with Crippen molar-refractivity contribution in [2.75, 3.05) is 18.6 Å². The zero-order chi connectivity index (χ0) is 12.0. The summed E-state index contributed by atoms with van der Waals surface area (Å²) in [5.74, 6) is 0.658. The van der Waals surface area contributed by atoms with Crippen LogP contribution in [0.2, 0.25) is 0 Å². The maximum Gasteiger partial charge on any atom is 0.0640 e.